The van der Waals surface area contributed by atoms with Gasteiger partial charge in [0.2, 0.25) is 5.75 Å². The highest BCUT2D eigenvalue weighted by atomic mass is 79.9. The molecule has 4 aromatic rings. The average Bonchev–Trinajstić information content (AvgIpc) is 2.79. The van der Waals surface area contributed by atoms with Gasteiger partial charge in [0.25, 0.3) is 5.56 Å². The second-order valence-electron chi connectivity index (χ2n) is 7.21. The number of hydrogen-bond donors (Lipinski definition) is 0. The molecule has 0 N–H and O–H groups in total. The van der Waals surface area contributed by atoms with Crippen LogP contribution in [0.1, 0.15) is 17.0 Å². The molecule has 8 nitrogen and oxygen atoms in total. The normalized spacial score (nSPS) is 11.3. The lowest BCUT2D eigenvalue weighted by atomic mass is 10.2. The van der Waals surface area contributed by atoms with Crippen LogP contribution in [-0.2, 0) is 6.61 Å². The van der Waals surface area contributed by atoms with Gasteiger partial charge < -0.3 is 4.74 Å². The van der Waals surface area contributed by atoms with Gasteiger partial charge in [-0.05, 0) is 64.8 Å². The van der Waals surface area contributed by atoms with Crippen LogP contribution in [-0.4, -0.2) is 20.8 Å². The summed E-state index contributed by atoms with van der Waals surface area (Å²) in [4.78, 5) is 28.4. The highest BCUT2D eigenvalue weighted by Crippen LogP contribution is 2.36. The van der Waals surface area contributed by atoms with Gasteiger partial charge >= 0.3 is 5.69 Å². The van der Waals surface area contributed by atoms with Crippen LogP contribution in [0.25, 0.3) is 10.9 Å². The quantitative estimate of drug-likeness (QED) is 0.162. The van der Waals surface area contributed by atoms with E-state index in [0.29, 0.717) is 32.3 Å². The summed E-state index contributed by atoms with van der Waals surface area (Å²) in [5.41, 5.74) is 0.903. The van der Waals surface area contributed by atoms with Gasteiger partial charge in [0.05, 0.1) is 26.5 Å². The number of hydrogen-bond acceptors (Lipinski definition) is 6. The van der Waals surface area contributed by atoms with Crippen LogP contribution in [0.4, 0.5) is 10.1 Å². The number of aryl methyl sites for hydroxylation is 1. The molecule has 0 aliphatic heterocycles. The van der Waals surface area contributed by atoms with Crippen LogP contribution < -0.4 is 10.3 Å². The number of benzene rings is 3. The van der Waals surface area contributed by atoms with E-state index >= 15 is 0 Å². The van der Waals surface area contributed by atoms with Gasteiger partial charge in [-0.2, -0.15) is 9.78 Å². The third-order valence-corrected chi connectivity index (χ3v) is 5.91. The Balaban J connectivity index is 1.67. The largest absolute Gasteiger partial charge is 0.481 e. The number of nitro groups is 1. The standard InChI is InChI=1S/C23H15Br2FN4O4/c1-13-28-20-7-4-16(24)10-18(20)23(31)29(13)27-11-15-8-19(25)22(21(9-15)30(32)33)34-12-14-2-5-17(26)6-3-14/h2-11H,12H2,1H3. The van der Waals surface area contributed by atoms with Crippen LogP contribution in [0.2, 0.25) is 0 Å². The first-order valence-electron chi connectivity index (χ1n) is 9.81. The maximum absolute atomic E-state index is 13.1. The van der Waals surface area contributed by atoms with E-state index < -0.39 is 4.92 Å². The van der Waals surface area contributed by atoms with Crippen LogP contribution in [0.5, 0.6) is 5.75 Å². The third kappa shape index (κ3) is 5.05. The van der Waals surface area contributed by atoms with E-state index in [4.69, 9.17) is 4.74 Å². The highest BCUT2D eigenvalue weighted by Gasteiger charge is 2.20. The van der Waals surface area contributed by atoms with E-state index in [2.05, 4.69) is 41.9 Å². The molecule has 0 saturated heterocycles. The Morgan fingerprint density at radius 1 is 1.18 bits per heavy atom. The first kappa shape index (κ1) is 23.7. The van der Waals surface area contributed by atoms with E-state index in [-0.39, 0.29) is 29.4 Å². The molecule has 3 aromatic carbocycles. The molecule has 0 fully saturated rings. The number of nitrogens with zero attached hydrogens (tertiary/aromatic N) is 4. The molecule has 34 heavy (non-hydrogen) atoms. The van der Waals surface area contributed by atoms with Crippen molar-refractivity contribution in [1.29, 1.82) is 0 Å². The van der Waals surface area contributed by atoms with Crippen molar-refractivity contribution >= 4 is 54.7 Å². The van der Waals surface area contributed by atoms with Gasteiger partial charge in [0.15, 0.2) is 0 Å². The predicted octanol–water partition coefficient (Wildman–Crippen LogP) is 5.74. The molecule has 0 saturated carbocycles. The second-order valence-corrected chi connectivity index (χ2v) is 8.98. The van der Waals surface area contributed by atoms with Crippen molar-refractivity contribution in [2.24, 2.45) is 5.10 Å². The van der Waals surface area contributed by atoms with E-state index in [1.807, 2.05) is 0 Å². The van der Waals surface area contributed by atoms with Crippen LogP contribution in [0.3, 0.4) is 0 Å². The molecule has 0 spiro atoms. The lowest BCUT2D eigenvalue weighted by molar-refractivity contribution is -0.386. The molecule has 0 bridgehead atoms. The Kier molecular flexibility index (Phi) is 6.85. The summed E-state index contributed by atoms with van der Waals surface area (Å²) in [7, 11) is 0. The fourth-order valence-electron chi connectivity index (χ4n) is 3.21. The fraction of sp³-hybridized carbons (Fsp3) is 0.0870. The number of ether oxygens (including phenoxy) is 1. The summed E-state index contributed by atoms with van der Waals surface area (Å²) in [6.07, 6.45) is 1.33. The maximum Gasteiger partial charge on any atom is 0.312 e. The zero-order valence-corrected chi connectivity index (χ0v) is 20.7. The Morgan fingerprint density at radius 2 is 1.91 bits per heavy atom. The van der Waals surface area contributed by atoms with E-state index in [1.54, 1.807) is 31.2 Å². The molecule has 0 aliphatic rings. The summed E-state index contributed by atoms with van der Waals surface area (Å²) >= 11 is 6.65. The molecular formula is C23H15Br2FN4O4. The first-order valence-corrected chi connectivity index (χ1v) is 11.4. The molecule has 0 amide bonds. The van der Waals surface area contributed by atoms with Gasteiger partial charge in [0, 0.05) is 16.1 Å². The fourth-order valence-corrected chi connectivity index (χ4v) is 4.15. The number of nitro benzene ring substituents is 1. The van der Waals surface area contributed by atoms with Crippen molar-refractivity contribution in [2.75, 3.05) is 0 Å². The van der Waals surface area contributed by atoms with Crippen molar-refractivity contribution < 1.29 is 14.1 Å². The molecule has 0 aliphatic carbocycles. The third-order valence-electron chi connectivity index (χ3n) is 4.83. The van der Waals surface area contributed by atoms with Gasteiger partial charge in [-0.15, -0.1) is 0 Å². The summed E-state index contributed by atoms with van der Waals surface area (Å²) in [5.74, 6) is 0.00377. The lowest BCUT2D eigenvalue weighted by Crippen LogP contribution is -2.20. The van der Waals surface area contributed by atoms with Gasteiger partial charge in [-0.3, -0.25) is 14.9 Å². The van der Waals surface area contributed by atoms with Crippen molar-refractivity contribution in [3.05, 3.63) is 107 Å². The molecule has 0 atom stereocenters. The van der Waals surface area contributed by atoms with Crippen molar-refractivity contribution in [1.82, 2.24) is 9.66 Å². The van der Waals surface area contributed by atoms with Crippen LogP contribution in [0, 0.1) is 22.9 Å². The monoisotopic (exact) mass is 588 g/mol. The minimum Gasteiger partial charge on any atom is -0.481 e. The Labute approximate surface area is 209 Å². The van der Waals surface area contributed by atoms with Crippen molar-refractivity contribution in [3.8, 4) is 5.75 Å². The average molecular weight is 590 g/mol. The maximum atomic E-state index is 13.1. The summed E-state index contributed by atoms with van der Waals surface area (Å²) < 4.78 is 20.9. The van der Waals surface area contributed by atoms with Gasteiger partial charge in [-0.25, -0.2) is 9.37 Å². The summed E-state index contributed by atoms with van der Waals surface area (Å²) in [6.45, 7) is 1.66. The Morgan fingerprint density at radius 3 is 2.62 bits per heavy atom. The topological polar surface area (TPSA) is 99.6 Å². The molecule has 1 heterocycles. The highest BCUT2D eigenvalue weighted by molar-refractivity contribution is 9.10. The number of aromatic nitrogens is 2. The van der Waals surface area contributed by atoms with Gasteiger partial charge in [-0.1, -0.05) is 28.1 Å². The Bertz CT molecular complexity index is 1500. The molecule has 4 rings (SSSR count). The van der Waals surface area contributed by atoms with E-state index in [9.17, 15) is 19.3 Å². The lowest BCUT2D eigenvalue weighted by Gasteiger charge is -2.10. The smallest absolute Gasteiger partial charge is 0.312 e. The number of fused-ring (bicyclic) bond motifs is 1. The first-order chi connectivity index (χ1) is 16.2. The molecule has 172 valence electrons. The zero-order valence-electron chi connectivity index (χ0n) is 17.5. The van der Waals surface area contributed by atoms with Gasteiger partial charge in [0.1, 0.15) is 18.2 Å². The molecular weight excluding hydrogens is 575 g/mol. The van der Waals surface area contributed by atoms with Crippen molar-refractivity contribution in [3.63, 3.8) is 0 Å². The summed E-state index contributed by atoms with van der Waals surface area (Å²) in [6, 6.07) is 13.7. The van der Waals surface area contributed by atoms with Crippen LogP contribution in [0.15, 0.2) is 73.4 Å². The number of halogens is 3. The molecule has 0 radical (unpaired) electrons. The minimum absolute atomic E-state index is 0.0140. The summed E-state index contributed by atoms with van der Waals surface area (Å²) in [5, 5.41) is 16.3. The predicted molar refractivity (Wildman–Crippen MR) is 133 cm³/mol. The minimum atomic E-state index is -0.575. The second kappa shape index (κ2) is 9.82. The van der Waals surface area contributed by atoms with Crippen LogP contribution >= 0.6 is 31.9 Å². The van der Waals surface area contributed by atoms with Crippen molar-refractivity contribution in [2.45, 2.75) is 13.5 Å². The van der Waals surface area contributed by atoms with E-state index in [1.165, 1.54) is 36.5 Å². The molecule has 11 heteroatoms. The van der Waals surface area contributed by atoms with E-state index in [0.717, 1.165) is 9.15 Å². The molecule has 0 unspecified atom stereocenters. The molecule has 1 aromatic heterocycles. The SMILES string of the molecule is Cc1nc2ccc(Br)cc2c(=O)n1N=Cc1cc(Br)c(OCc2ccc(F)cc2)c([N+](=O)[O-])c1. The Hall–Kier alpha value is -3.44. The zero-order chi connectivity index (χ0) is 24.4. The number of rotatable bonds is 6.